The molecule has 3 aromatic carbocycles. The van der Waals surface area contributed by atoms with Crippen LogP contribution in [0.3, 0.4) is 0 Å². The maximum Gasteiger partial charge on any atom is 0.262 e. The van der Waals surface area contributed by atoms with Crippen molar-refractivity contribution in [3.63, 3.8) is 0 Å². The van der Waals surface area contributed by atoms with Gasteiger partial charge in [-0.3, -0.25) is 4.79 Å². The molecule has 0 spiro atoms. The van der Waals surface area contributed by atoms with Crippen LogP contribution in [0.2, 0.25) is 0 Å². The number of fused-ring (bicyclic) bond motifs is 1. The van der Waals surface area contributed by atoms with Gasteiger partial charge in [-0.25, -0.2) is 8.42 Å². The second-order valence-electron chi connectivity index (χ2n) is 6.63. The first-order valence-corrected chi connectivity index (χ1v) is 10.4. The molecule has 1 atom stereocenters. The molecule has 148 valence electrons. The minimum atomic E-state index is -3.78. The number of amides is 1. The molecule has 29 heavy (non-hydrogen) atoms. The van der Waals surface area contributed by atoms with E-state index < -0.39 is 22.1 Å². The minimum Gasteiger partial charge on any atom is -0.457 e. The number of sulfonamides is 1. The highest BCUT2D eigenvalue weighted by Gasteiger charge is 2.33. The molecule has 0 saturated heterocycles. The number of benzene rings is 3. The van der Waals surface area contributed by atoms with Crippen LogP contribution in [0.1, 0.15) is 5.56 Å². The van der Waals surface area contributed by atoms with Crippen molar-refractivity contribution >= 4 is 27.3 Å². The van der Waals surface area contributed by atoms with Crippen molar-refractivity contribution in [2.45, 2.75) is 18.0 Å². The quantitative estimate of drug-likeness (QED) is 0.613. The van der Waals surface area contributed by atoms with Gasteiger partial charge in [-0.1, -0.05) is 24.3 Å². The van der Waals surface area contributed by atoms with Crippen LogP contribution in [-0.4, -0.2) is 20.5 Å². The minimum absolute atomic E-state index is 0.120. The number of rotatable bonds is 4. The van der Waals surface area contributed by atoms with Crippen molar-refractivity contribution < 1.29 is 17.9 Å². The van der Waals surface area contributed by atoms with Crippen LogP contribution in [-0.2, 0) is 14.8 Å². The average Bonchev–Trinajstić information content (AvgIpc) is 2.69. The lowest BCUT2D eigenvalue weighted by atomic mass is 10.2. The first-order chi connectivity index (χ1) is 13.9. The van der Waals surface area contributed by atoms with Crippen LogP contribution in [0, 0.1) is 6.92 Å². The largest absolute Gasteiger partial charge is 0.457 e. The maximum absolute atomic E-state index is 12.6. The van der Waals surface area contributed by atoms with E-state index in [-0.39, 0.29) is 4.90 Å². The van der Waals surface area contributed by atoms with Crippen LogP contribution in [0.15, 0.2) is 77.7 Å². The molecule has 8 heteroatoms. The summed E-state index contributed by atoms with van der Waals surface area (Å²) in [6.45, 7) is 1.85. The Kier molecular flexibility index (Phi) is 4.96. The highest BCUT2D eigenvalue weighted by Crippen LogP contribution is 2.27. The molecular weight excluding hydrogens is 390 g/mol. The van der Waals surface area contributed by atoms with Crippen LogP contribution in [0.5, 0.6) is 11.5 Å². The summed E-state index contributed by atoms with van der Waals surface area (Å²) in [7, 11) is -3.78. The second kappa shape index (κ2) is 7.57. The van der Waals surface area contributed by atoms with Gasteiger partial charge in [0.15, 0.2) is 6.17 Å². The fourth-order valence-electron chi connectivity index (χ4n) is 2.96. The number of carbonyl (C=O) groups excluding carboxylic acids is 1. The van der Waals surface area contributed by atoms with E-state index in [4.69, 9.17) is 4.74 Å². The summed E-state index contributed by atoms with van der Waals surface area (Å²) in [5.74, 6) is 0.812. The molecule has 4 rings (SSSR count). The molecule has 0 saturated carbocycles. The third-order valence-electron chi connectivity index (χ3n) is 4.36. The Balaban J connectivity index is 1.45. The van der Waals surface area contributed by atoms with E-state index in [2.05, 4.69) is 15.4 Å². The van der Waals surface area contributed by atoms with Crippen molar-refractivity contribution in [2.75, 3.05) is 10.6 Å². The lowest BCUT2D eigenvalue weighted by Crippen LogP contribution is -2.51. The van der Waals surface area contributed by atoms with Crippen molar-refractivity contribution in [1.82, 2.24) is 4.72 Å². The third kappa shape index (κ3) is 4.23. The highest BCUT2D eigenvalue weighted by molar-refractivity contribution is 7.89. The van der Waals surface area contributed by atoms with Gasteiger partial charge in [0.05, 0.1) is 5.69 Å². The molecule has 0 bridgehead atoms. The third-order valence-corrected chi connectivity index (χ3v) is 5.84. The smallest absolute Gasteiger partial charge is 0.262 e. The van der Waals surface area contributed by atoms with E-state index >= 15 is 0 Å². The van der Waals surface area contributed by atoms with E-state index in [1.54, 1.807) is 36.4 Å². The summed E-state index contributed by atoms with van der Waals surface area (Å²) in [5.41, 5.74) is 1.81. The molecule has 7 nitrogen and oxygen atoms in total. The standard InChI is InChI=1S/C21H19N3O4S/c1-14-7-12-19-18(13-14)23-20(24-29(19,26)27)21(25)22-15-8-10-17(11-9-15)28-16-5-3-2-4-6-16/h2-13,20,23-24H,1H3,(H,22,25). The van der Waals surface area contributed by atoms with Crippen LogP contribution >= 0.6 is 0 Å². The van der Waals surface area contributed by atoms with E-state index in [0.717, 1.165) is 5.56 Å². The molecule has 3 N–H and O–H groups in total. The molecule has 3 aromatic rings. The zero-order valence-corrected chi connectivity index (χ0v) is 16.4. The summed E-state index contributed by atoms with van der Waals surface area (Å²) in [6.07, 6.45) is -1.12. The molecule has 0 aromatic heterocycles. The van der Waals surface area contributed by atoms with Gasteiger partial charge in [0, 0.05) is 5.69 Å². The molecule has 1 heterocycles. The first-order valence-electron chi connectivity index (χ1n) is 8.94. The summed E-state index contributed by atoms with van der Waals surface area (Å²) in [5, 5.41) is 5.63. The number of carbonyl (C=O) groups is 1. The fourth-order valence-corrected chi connectivity index (χ4v) is 4.22. The van der Waals surface area contributed by atoms with E-state index in [1.807, 2.05) is 37.3 Å². The number of hydrogen-bond donors (Lipinski definition) is 3. The average molecular weight is 409 g/mol. The molecule has 0 aliphatic carbocycles. The Hall–Kier alpha value is -3.36. The van der Waals surface area contributed by atoms with Crippen LogP contribution in [0.25, 0.3) is 0 Å². The van der Waals surface area contributed by atoms with Crippen molar-refractivity contribution in [2.24, 2.45) is 0 Å². The normalized spacial score (nSPS) is 16.9. The first kappa shape index (κ1) is 19.0. The number of aryl methyl sites for hydroxylation is 1. The molecule has 0 fully saturated rings. The van der Waals surface area contributed by atoms with Gasteiger partial charge in [-0.05, 0) is 61.0 Å². The van der Waals surface area contributed by atoms with Crippen molar-refractivity contribution in [3.8, 4) is 11.5 Å². The molecule has 1 amide bonds. The van der Waals surface area contributed by atoms with E-state index in [0.29, 0.717) is 22.9 Å². The lowest BCUT2D eigenvalue weighted by Gasteiger charge is -2.27. The van der Waals surface area contributed by atoms with E-state index in [9.17, 15) is 13.2 Å². The van der Waals surface area contributed by atoms with Crippen LogP contribution in [0.4, 0.5) is 11.4 Å². The monoisotopic (exact) mass is 409 g/mol. The number of ether oxygens (including phenoxy) is 1. The zero-order valence-electron chi connectivity index (χ0n) is 15.5. The van der Waals surface area contributed by atoms with Crippen molar-refractivity contribution in [1.29, 1.82) is 0 Å². The molecule has 1 aliphatic heterocycles. The van der Waals surface area contributed by atoms with Gasteiger partial charge >= 0.3 is 0 Å². The van der Waals surface area contributed by atoms with Crippen LogP contribution < -0.4 is 20.1 Å². The topological polar surface area (TPSA) is 96.5 Å². The summed E-state index contributed by atoms with van der Waals surface area (Å²) >= 11 is 0. The summed E-state index contributed by atoms with van der Waals surface area (Å²) in [4.78, 5) is 12.7. The Morgan fingerprint density at radius 3 is 2.38 bits per heavy atom. The molecule has 1 aliphatic rings. The number of anilines is 2. The second-order valence-corrected chi connectivity index (χ2v) is 8.31. The number of nitrogens with one attached hydrogen (secondary N) is 3. The number of hydrogen-bond acceptors (Lipinski definition) is 5. The summed E-state index contributed by atoms with van der Waals surface area (Å²) < 4.78 is 32.9. The Labute approximate surface area is 168 Å². The van der Waals surface area contributed by atoms with Gasteiger partial charge in [-0.2, -0.15) is 4.72 Å². The Morgan fingerprint density at radius 2 is 1.66 bits per heavy atom. The lowest BCUT2D eigenvalue weighted by molar-refractivity contribution is -0.117. The fraction of sp³-hybridized carbons (Fsp3) is 0.0952. The highest BCUT2D eigenvalue weighted by atomic mass is 32.2. The van der Waals surface area contributed by atoms with Gasteiger partial charge in [0.1, 0.15) is 16.4 Å². The Morgan fingerprint density at radius 1 is 0.966 bits per heavy atom. The Bertz CT molecular complexity index is 1150. The molecular formula is C21H19N3O4S. The predicted molar refractivity (Wildman–Crippen MR) is 110 cm³/mol. The van der Waals surface area contributed by atoms with Gasteiger partial charge < -0.3 is 15.4 Å². The van der Waals surface area contributed by atoms with Crippen molar-refractivity contribution in [3.05, 3.63) is 78.4 Å². The number of para-hydroxylation sites is 1. The zero-order chi connectivity index (χ0) is 20.4. The van der Waals surface area contributed by atoms with E-state index in [1.165, 1.54) is 6.07 Å². The predicted octanol–water partition coefficient (Wildman–Crippen LogP) is 3.46. The van der Waals surface area contributed by atoms with Gasteiger partial charge in [-0.15, -0.1) is 0 Å². The van der Waals surface area contributed by atoms with Gasteiger partial charge in [0.25, 0.3) is 5.91 Å². The molecule has 1 unspecified atom stereocenters. The maximum atomic E-state index is 12.6. The van der Waals surface area contributed by atoms with Gasteiger partial charge in [0.2, 0.25) is 10.0 Å². The SMILES string of the molecule is Cc1ccc2c(c1)NC(C(=O)Nc1ccc(Oc3ccccc3)cc1)NS2(=O)=O. The summed E-state index contributed by atoms with van der Waals surface area (Å²) in [6, 6.07) is 21.1. The molecule has 0 radical (unpaired) electrons.